The highest BCUT2D eigenvalue weighted by Gasteiger charge is 2.38. The number of nitrogens with one attached hydrogen (secondary N) is 1. The molecule has 2 aromatic rings. The molecule has 0 aliphatic carbocycles. The van der Waals surface area contributed by atoms with E-state index in [1.54, 1.807) is 55.5 Å². The topological polar surface area (TPSA) is 69.6 Å². The molecule has 8 heteroatoms. The Bertz CT molecular complexity index is 976. The summed E-state index contributed by atoms with van der Waals surface area (Å²) in [4.78, 5) is 27.1. The number of thiocarbonyl (C=S) groups is 1. The Balaban J connectivity index is 1.61. The van der Waals surface area contributed by atoms with Gasteiger partial charge in [-0.1, -0.05) is 59.8 Å². The van der Waals surface area contributed by atoms with Crippen molar-refractivity contribution in [2.45, 2.75) is 19.4 Å². The maximum Gasteiger partial charge on any atom is 0.266 e. The third-order valence-corrected chi connectivity index (χ3v) is 5.95. The van der Waals surface area contributed by atoms with E-state index in [9.17, 15) is 14.7 Å². The van der Waals surface area contributed by atoms with Gasteiger partial charge in [-0.15, -0.1) is 0 Å². The Morgan fingerprint density at radius 3 is 2.72 bits per heavy atom. The summed E-state index contributed by atoms with van der Waals surface area (Å²) in [5, 5.41) is 12.7. The molecule has 29 heavy (non-hydrogen) atoms. The third-order valence-electron chi connectivity index (χ3n) is 4.39. The number of phenolic OH excluding ortho intramolecular Hbond substituents is 1. The highest BCUT2D eigenvalue weighted by Crippen LogP contribution is 2.34. The van der Waals surface area contributed by atoms with Crippen LogP contribution in [0, 0.1) is 0 Å². The fourth-order valence-electron chi connectivity index (χ4n) is 2.82. The fourth-order valence-corrected chi connectivity index (χ4v) is 4.44. The standard InChI is InChI=1S/C21H19ClN2O3S2/c1-13(19(26)23-10-9-14-5-7-17(25)8-6-14)24-20(27)18(29-21(24)28)12-15-3-2-4-16(22)11-15/h2-8,11-13,25H,9-10H2,1H3,(H,23,26)/b18-12-/t13-/m0/s1. The predicted octanol–water partition coefficient (Wildman–Crippen LogP) is 3.99. The average molecular weight is 447 g/mol. The molecule has 1 fully saturated rings. The van der Waals surface area contributed by atoms with Crippen molar-refractivity contribution in [1.82, 2.24) is 10.2 Å². The van der Waals surface area contributed by atoms with Crippen molar-refractivity contribution in [3.8, 4) is 5.75 Å². The first-order valence-corrected chi connectivity index (χ1v) is 10.5. The first kappa shape index (κ1) is 21.4. The lowest BCUT2D eigenvalue weighted by molar-refractivity contribution is -0.132. The number of aromatic hydroxyl groups is 1. The van der Waals surface area contributed by atoms with Gasteiger partial charge in [0.2, 0.25) is 5.91 Å². The van der Waals surface area contributed by atoms with Gasteiger partial charge in [0, 0.05) is 11.6 Å². The van der Waals surface area contributed by atoms with Gasteiger partial charge in [-0.05, 0) is 54.8 Å². The van der Waals surface area contributed by atoms with Crippen LogP contribution in [0.3, 0.4) is 0 Å². The molecule has 1 atom stereocenters. The van der Waals surface area contributed by atoms with Gasteiger partial charge in [0.1, 0.15) is 16.1 Å². The average Bonchev–Trinajstić information content (AvgIpc) is 2.96. The molecule has 1 heterocycles. The van der Waals surface area contributed by atoms with Gasteiger partial charge >= 0.3 is 0 Å². The minimum absolute atomic E-state index is 0.201. The van der Waals surface area contributed by atoms with E-state index in [1.807, 2.05) is 6.07 Å². The lowest BCUT2D eigenvalue weighted by atomic mass is 10.1. The maximum absolute atomic E-state index is 12.8. The first-order chi connectivity index (χ1) is 13.8. The van der Waals surface area contributed by atoms with Crippen LogP contribution in [-0.4, -0.2) is 38.7 Å². The summed E-state index contributed by atoms with van der Waals surface area (Å²) in [5.74, 6) is -0.364. The van der Waals surface area contributed by atoms with E-state index in [4.69, 9.17) is 23.8 Å². The van der Waals surface area contributed by atoms with Crippen LogP contribution < -0.4 is 5.32 Å². The molecule has 1 saturated heterocycles. The van der Waals surface area contributed by atoms with E-state index in [-0.39, 0.29) is 17.6 Å². The SMILES string of the molecule is C[C@@H](C(=O)NCCc1ccc(O)cc1)N1C(=O)/C(=C/c2cccc(Cl)c2)SC1=S. The minimum Gasteiger partial charge on any atom is -0.508 e. The molecule has 150 valence electrons. The molecule has 2 amide bonds. The molecule has 1 aliphatic rings. The molecular formula is C21H19ClN2O3S2. The van der Waals surface area contributed by atoms with Gasteiger partial charge in [-0.25, -0.2) is 0 Å². The third kappa shape index (κ3) is 5.38. The first-order valence-electron chi connectivity index (χ1n) is 8.93. The van der Waals surface area contributed by atoms with Crippen molar-refractivity contribution in [1.29, 1.82) is 0 Å². The van der Waals surface area contributed by atoms with Gasteiger partial charge in [-0.3, -0.25) is 14.5 Å². The zero-order valence-corrected chi connectivity index (χ0v) is 18.0. The number of nitrogens with zero attached hydrogens (tertiary/aromatic N) is 1. The zero-order chi connectivity index (χ0) is 21.0. The summed E-state index contributed by atoms with van der Waals surface area (Å²) in [6, 6.07) is 13.3. The summed E-state index contributed by atoms with van der Waals surface area (Å²) in [6.45, 7) is 2.07. The molecule has 0 radical (unpaired) electrons. The monoisotopic (exact) mass is 446 g/mol. The molecule has 3 rings (SSSR count). The number of carbonyl (C=O) groups excluding carboxylic acids is 2. The Labute approximate surface area is 183 Å². The van der Waals surface area contributed by atoms with Crippen LogP contribution in [0.4, 0.5) is 0 Å². The van der Waals surface area contributed by atoms with Crippen LogP contribution in [0.25, 0.3) is 6.08 Å². The van der Waals surface area contributed by atoms with Crippen LogP contribution in [-0.2, 0) is 16.0 Å². The van der Waals surface area contributed by atoms with Gasteiger partial charge in [-0.2, -0.15) is 0 Å². The minimum atomic E-state index is -0.715. The predicted molar refractivity (Wildman–Crippen MR) is 121 cm³/mol. The Hall–Kier alpha value is -2.35. The molecule has 0 saturated carbocycles. The summed E-state index contributed by atoms with van der Waals surface area (Å²) in [5.41, 5.74) is 1.79. The molecule has 2 N–H and O–H groups in total. The highest BCUT2D eigenvalue weighted by molar-refractivity contribution is 8.26. The second-order valence-electron chi connectivity index (χ2n) is 6.49. The van der Waals surface area contributed by atoms with Crippen LogP contribution in [0.2, 0.25) is 5.02 Å². The lowest BCUT2D eigenvalue weighted by Crippen LogP contribution is -2.47. The number of halogens is 1. The quantitative estimate of drug-likeness (QED) is 0.518. The normalized spacial score (nSPS) is 16.3. The Morgan fingerprint density at radius 1 is 1.31 bits per heavy atom. The number of hydrogen-bond acceptors (Lipinski definition) is 5. The zero-order valence-electron chi connectivity index (χ0n) is 15.6. The van der Waals surface area contributed by atoms with E-state index in [2.05, 4.69) is 5.32 Å². The number of amides is 2. The lowest BCUT2D eigenvalue weighted by Gasteiger charge is -2.22. The van der Waals surface area contributed by atoms with E-state index < -0.39 is 6.04 Å². The molecule has 5 nitrogen and oxygen atoms in total. The number of phenols is 1. The Kier molecular flexibility index (Phi) is 6.95. The summed E-state index contributed by atoms with van der Waals surface area (Å²) < 4.78 is 0.351. The number of thioether (sulfide) groups is 1. The fraction of sp³-hybridized carbons (Fsp3) is 0.190. The molecule has 2 aromatic carbocycles. The van der Waals surface area contributed by atoms with Gasteiger partial charge in [0.15, 0.2) is 0 Å². The molecule has 0 spiro atoms. The van der Waals surface area contributed by atoms with E-state index in [1.165, 1.54) is 16.7 Å². The van der Waals surface area contributed by atoms with Crippen LogP contribution in [0.1, 0.15) is 18.1 Å². The molecule has 0 bridgehead atoms. The second kappa shape index (κ2) is 9.43. The molecular weight excluding hydrogens is 428 g/mol. The van der Waals surface area contributed by atoms with Crippen LogP contribution >= 0.6 is 35.6 Å². The van der Waals surface area contributed by atoms with Crippen molar-refractivity contribution in [2.24, 2.45) is 0 Å². The molecule has 0 aromatic heterocycles. The largest absolute Gasteiger partial charge is 0.508 e. The van der Waals surface area contributed by atoms with Gasteiger partial charge < -0.3 is 10.4 Å². The van der Waals surface area contributed by atoms with Crippen molar-refractivity contribution < 1.29 is 14.7 Å². The number of benzene rings is 2. The summed E-state index contributed by atoms with van der Waals surface area (Å²) in [7, 11) is 0. The van der Waals surface area contributed by atoms with Crippen molar-refractivity contribution >= 4 is 57.8 Å². The van der Waals surface area contributed by atoms with E-state index in [0.717, 1.165) is 11.1 Å². The second-order valence-corrected chi connectivity index (χ2v) is 8.60. The number of carbonyl (C=O) groups is 2. The maximum atomic E-state index is 12.8. The number of hydrogen-bond donors (Lipinski definition) is 2. The van der Waals surface area contributed by atoms with Crippen molar-refractivity contribution in [3.05, 3.63) is 69.6 Å². The van der Waals surface area contributed by atoms with Crippen LogP contribution in [0.5, 0.6) is 5.75 Å². The Morgan fingerprint density at radius 2 is 2.03 bits per heavy atom. The van der Waals surface area contributed by atoms with E-state index in [0.29, 0.717) is 27.2 Å². The molecule has 0 unspecified atom stereocenters. The van der Waals surface area contributed by atoms with Crippen molar-refractivity contribution in [2.75, 3.05) is 6.54 Å². The van der Waals surface area contributed by atoms with E-state index >= 15 is 0 Å². The highest BCUT2D eigenvalue weighted by atomic mass is 35.5. The van der Waals surface area contributed by atoms with Crippen molar-refractivity contribution in [3.63, 3.8) is 0 Å². The molecule has 1 aliphatic heterocycles. The van der Waals surface area contributed by atoms with Gasteiger partial charge in [0.05, 0.1) is 4.91 Å². The summed E-state index contributed by atoms with van der Waals surface area (Å²) in [6.07, 6.45) is 2.34. The van der Waals surface area contributed by atoms with Gasteiger partial charge in [0.25, 0.3) is 5.91 Å². The number of rotatable bonds is 6. The summed E-state index contributed by atoms with van der Waals surface area (Å²) >= 11 is 12.5. The smallest absolute Gasteiger partial charge is 0.266 e. The van der Waals surface area contributed by atoms with Crippen LogP contribution in [0.15, 0.2) is 53.4 Å².